The van der Waals surface area contributed by atoms with Crippen LogP contribution in [0.5, 0.6) is 0 Å². The van der Waals surface area contributed by atoms with Crippen LogP contribution in [0.1, 0.15) is 17.7 Å². The maximum atomic E-state index is 6.25. The minimum Gasteiger partial charge on any atom is -0.467 e. The summed E-state index contributed by atoms with van der Waals surface area (Å²) >= 11 is 12.0. The molecule has 1 aliphatic heterocycles. The summed E-state index contributed by atoms with van der Waals surface area (Å²) in [5.41, 5.74) is 1.96. The van der Waals surface area contributed by atoms with Gasteiger partial charge in [-0.3, -0.25) is 0 Å². The predicted octanol–water partition coefficient (Wildman–Crippen LogP) is 4.08. The number of rotatable bonds is 7. The van der Waals surface area contributed by atoms with Crippen molar-refractivity contribution in [3.63, 3.8) is 0 Å². The molecule has 1 N–H and O–H groups in total. The molecule has 0 unspecified atom stereocenters. The number of hydrogen-bond acceptors (Lipinski definition) is 4. The average molecular weight is 421 g/mol. The summed E-state index contributed by atoms with van der Waals surface area (Å²) in [5, 5.41) is 4.75. The Balaban J connectivity index is 1.57. The highest BCUT2D eigenvalue weighted by molar-refractivity contribution is 7.80. The number of thiocarbonyl (C=S) groups is 1. The highest BCUT2D eigenvalue weighted by atomic mass is 35.5. The van der Waals surface area contributed by atoms with Crippen molar-refractivity contribution in [3.05, 3.63) is 52.9 Å². The molecule has 152 valence electrons. The zero-order valence-corrected chi connectivity index (χ0v) is 18.2. The van der Waals surface area contributed by atoms with Crippen molar-refractivity contribution in [1.29, 1.82) is 0 Å². The van der Waals surface area contributed by atoms with Crippen molar-refractivity contribution in [2.75, 3.05) is 51.6 Å². The molecule has 1 fully saturated rings. The zero-order chi connectivity index (χ0) is 19.9. The molecular weight excluding hydrogens is 392 g/mol. The second-order valence-corrected chi connectivity index (χ2v) is 8.19. The summed E-state index contributed by atoms with van der Waals surface area (Å²) in [6.07, 6.45) is 2.76. The van der Waals surface area contributed by atoms with Crippen LogP contribution in [0.4, 0.5) is 5.69 Å². The van der Waals surface area contributed by atoms with Gasteiger partial charge in [-0.25, -0.2) is 0 Å². The largest absolute Gasteiger partial charge is 0.467 e. The van der Waals surface area contributed by atoms with Crippen molar-refractivity contribution in [2.24, 2.45) is 0 Å². The SMILES string of the molecule is Cc1ccc(NC(=S)N(CCCN2CCN(C)CC2)Cc2ccco2)cc1Cl. The van der Waals surface area contributed by atoms with Crippen LogP contribution in [0.25, 0.3) is 0 Å². The fraction of sp³-hybridized carbons (Fsp3) is 0.476. The molecule has 0 saturated carbocycles. The van der Waals surface area contributed by atoms with E-state index in [0.717, 1.165) is 67.7 Å². The molecule has 2 heterocycles. The van der Waals surface area contributed by atoms with Crippen LogP contribution in [0.2, 0.25) is 5.02 Å². The maximum Gasteiger partial charge on any atom is 0.173 e. The van der Waals surface area contributed by atoms with E-state index in [1.807, 2.05) is 37.3 Å². The van der Waals surface area contributed by atoms with Crippen LogP contribution in [0.15, 0.2) is 41.0 Å². The van der Waals surface area contributed by atoms with Crippen LogP contribution in [0, 0.1) is 6.92 Å². The first kappa shape index (κ1) is 21.1. The first-order valence-corrected chi connectivity index (χ1v) is 10.6. The van der Waals surface area contributed by atoms with Crippen LogP contribution < -0.4 is 5.32 Å². The maximum absolute atomic E-state index is 6.25. The molecule has 0 spiro atoms. The van der Waals surface area contributed by atoms with Gasteiger partial charge >= 0.3 is 0 Å². The van der Waals surface area contributed by atoms with Crippen molar-refractivity contribution in [2.45, 2.75) is 19.9 Å². The monoisotopic (exact) mass is 420 g/mol. The van der Waals surface area contributed by atoms with E-state index in [2.05, 4.69) is 27.1 Å². The molecule has 28 heavy (non-hydrogen) atoms. The van der Waals surface area contributed by atoms with Gasteiger partial charge in [-0.05, 0) is 69.0 Å². The highest BCUT2D eigenvalue weighted by Gasteiger charge is 2.16. The van der Waals surface area contributed by atoms with Crippen LogP contribution in [-0.2, 0) is 6.54 Å². The molecule has 1 aromatic heterocycles. The highest BCUT2D eigenvalue weighted by Crippen LogP contribution is 2.20. The summed E-state index contributed by atoms with van der Waals surface area (Å²) in [5.74, 6) is 0.908. The lowest BCUT2D eigenvalue weighted by atomic mass is 10.2. The third-order valence-electron chi connectivity index (χ3n) is 5.14. The number of benzene rings is 1. The Bertz CT molecular complexity index is 760. The van der Waals surface area contributed by atoms with Gasteiger partial charge in [0.2, 0.25) is 0 Å². The molecular formula is C21H29ClN4OS. The van der Waals surface area contributed by atoms with Crippen molar-refractivity contribution in [3.8, 4) is 0 Å². The summed E-state index contributed by atoms with van der Waals surface area (Å²) in [7, 11) is 2.18. The van der Waals surface area contributed by atoms with E-state index in [-0.39, 0.29) is 0 Å². The first-order valence-electron chi connectivity index (χ1n) is 9.76. The summed E-state index contributed by atoms with van der Waals surface area (Å²) in [6, 6.07) is 9.81. The molecule has 0 aliphatic carbocycles. The van der Waals surface area contributed by atoms with Gasteiger partial charge in [-0.15, -0.1) is 0 Å². The van der Waals surface area contributed by atoms with Gasteiger partial charge < -0.3 is 24.4 Å². The van der Waals surface area contributed by atoms with Gasteiger partial charge in [-0.2, -0.15) is 0 Å². The van der Waals surface area contributed by atoms with Gasteiger partial charge in [0, 0.05) is 43.4 Å². The Kier molecular flexibility index (Phi) is 7.73. The summed E-state index contributed by atoms with van der Waals surface area (Å²) in [6.45, 7) is 9.17. The third-order valence-corrected chi connectivity index (χ3v) is 5.90. The molecule has 5 nitrogen and oxygen atoms in total. The van der Waals surface area contributed by atoms with E-state index in [1.165, 1.54) is 0 Å². The lowest BCUT2D eigenvalue weighted by Gasteiger charge is -2.33. The molecule has 0 atom stereocenters. The van der Waals surface area contributed by atoms with Crippen LogP contribution in [-0.4, -0.2) is 66.1 Å². The second kappa shape index (κ2) is 10.3. The molecule has 3 rings (SSSR count). The number of anilines is 1. The zero-order valence-electron chi connectivity index (χ0n) is 16.7. The van der Waals surface area contributed by atoms with Gasteiger partial charge in [0.25, 0.3) is 0 Å². The predicted molar refractivity (Wildman–Crippen MR) is 120 cm³/mol. The molecule has 0 radical (unpaired) electrons. The number of likely N-dealkylation sites (N-methyl/N-ethyl adjacent to an activating group) is 1. The second-order valence-electron chi connectivity index (χ2n) is 7.39. The van der Waals surface area contributed by atoms with Gasteiger partial charge in [-0.1, -0.05) is 17.7 Å². The molecule has 2 aromatic rings. The Morgan fingerprint density at radius 1 is 1.25 bits per heavy atom. The number of furan rings is 1. The lowest BCUT2D eigenvalue weighted by Crippen LogP contribution is -2.45. The van der Waals surface area contributed by atoms with E-state index in [1.54, 1.807) is 6.26 Å². The van der Waals surface area contributed by atoms with Crippen LogP contribution in [0.3, 0.4) is 0 Å². The molecule has 1 aromatic carbocycles. The van der Waals surface area contributed by atoms with E-state index >= 15 is 0 Å². The van der Waals surface area contributed by atoms with Crippen LogP contribution >= 0.6 is 23.8 Å². The quantitative estimate of drug-likeness (QED) is 0.680. The standard InChI is InChI=1S/C21H29ClN4OS/c1-17-6-7-18(15-20(17)22)23-21(28)26(16-19-5-3-14-27-19)9-4-8-25-12-10-24(2)11-13-25/h3,5-7,14-15H,4,8-13,16H2,1-2H3,(H,23,28). The number of halogens is 1. The fourth-order valence-corrected chi connectivity index (χ4v) is 3.73. The Hall–Kier alpha value is -1.60. The Labute approximate surface area is 178 Å². The topological polar surface area (TPSA) is 34.9 Å². The van der Waals surface area contributed by atoms with Crippen molar-refractivity contribution < 1.29 is 4.42 Å². The molecule has 0 bridgehead atoms. The minimum absolute atomic E-state index is 0.654. The Morgan fingerprint density at radius 2 is 2.04 bits per heavy atom. The number of piperazine rings is 1. The van der Waals surface area contributed by atoms with Gasteiger partial charge in [0.05, 0.1) is 12.8 Å². The number of nitrogens with one attached hydrogen (secondary N) is 1. The van der Waals surface area contributed by atoms with Crippen molar-refractivity contribution >= 4 is 34.6 Å². The first-order chi connectivity index (χ1) is 13.5. The number of aryl methyl sites for hydroxylation is 1. The number of nitrogens with zero attached hydrogens (tertiary/aromatic N) is 3. The molecule has 7 heteroatoms. The fourth-order valence-electron chi connectivity index (χ4n) is 3.27. The number of hydrogen-bond donors (Lipinski definition) is 1. The molecule has 1 aliphatic rings. The smallest absolute Gasteiger partial charge is 0.173 e. The van der Waals surface area contributed by atoms with E-state index in [0.29, 0.717) is 11.7 Å². The minimum atomic E-state index is 0.654. The third kappa shape index (κ3) is 6.21. The van der Waals surface area contributed by atoms with E-state index in [9.17, 15) is 0 Å². The Morgan fingerprint density at radius 3 is 2.71 bits per heavy atom. The molecule has 0 amide bonds. The summed E-state index contributed by atoms with van der Waals surface area (Å²) < 4.78 is 5.54. The van der Waals surface area contributed by atoms with E-state index in [4.69, 9.17) is 28.2 Å². The normalized spacial score (nSPS) is 15.5. The average Bonchev–Trinajstić information content (AvgIpc) is 3.18. The van der Waals surface area contributed by atoms with E-state index < -0.39 is 0 Å². The lowest BCUT2D eigenvalue weighted by molar-refractivity contribution is 0.149. The van der Waals surface area contributed by atoms with Gasteiger partial charge in [0.1, 0.15) is 5.76 Å². The summed E-state index contributed by atoms with van der Waals surface area (Å²) in [4.78, 5) is 7.07. The van der Waals surface area contributed by atoms with Crippen molar-refractivity contribution in [1.82, 2.24) is 14.7 Å². The molecule has 1 saturated heterocycles. The van der Waals surface area contributed by atoms with Gasteiger partial charge in [0.15, 0.2) is 5.11 Å².